The molecule has 3 aromatic carbocycles. The highest BCUT2D eigenvalue weighted by molar-refractivity contribution is 6.31. The van der Waals surface area contributed by atoms with Gasteiger partial charge in [-0.05, 0) is 60.7 Å². The maximum atomic E-state index is 12.7. The van der Waals surface area contributed by atoms with Gasteiger partial charge in [-0.25, -0.2) is 0 Å². The Morgan fingerprint density at radius 1 is 0.882 bits per heavy atom. The summed E-state index contributed by atoms with van der Waals surface area (Å²) in [6.45, 7) is 0. The predicted molar refractivity (Wildman–Crippen MR) is 127 cm³/mol. The number of halogens is 1. The molecule has 0 saturated heterocycles. The molecule has 0 aliphatic heterocycles. The third-order valence-electron chi connectivity index (χ3n) is 4.77. The van der Waals surface area contributed by atoms with Crippen molar-refractivity contribution in [3.05, 3.63) is 82.9 Å². The van der Waals surface area contributed by atoms with Gasteiger partial charge in [-0.1, -0.05) is 22.8 Å². The first-order valence-electron chi connectivity index (χ1n) is 10.0. The molecule has 0 fully saturated rings. The molecule has 10 heteroatoms. The van der Waals surface area contributed by atoms with Gasteiger partial charge in [-0.2, -0.15) is 0 Å². The molecule has 34 heavy (non-hydrogen) atoms. The number of carbonyl (C=O) groups is 2. The lowest BCUT2D eigenvalue weighted by atomic mass is 10.1. The summed E-state index contributed by atoms with van der Waals surface area (Å²) >= 11 is 6.01. The van der Waals surface area contributed by atoms with Gasteiger partial charge < -0.3 is 19.2 Å². The zero-order valence-electron chi connectivity index (χ0n) is 18.2. The number of nitrogens with one attached hydrogen (secondary N) is 2. The SMILES string of the molecule is COc1ccc(-c2nnc(NC(=O)c3cccc(NC(=O)c4cc(Cl)ccc4OC)c3)o2)cc1. The molecule has 0 saturated carbocycles. The molecule has 0 bridgehead atoms. The molecule has 0 spiro atoms. The molecular weight excluding hydrogens is 460 g/mol. The second-order valence-corrected chi connectivity index (χ2v) is 7.41. The van der Waals surface area contributed by atoms with E-state index in [4.69, 9.17) is 25.5 Å². The number of methoxy groups -OCH3 is 2. The van der Waals surface area contributed by atoms with Crippen LogP contribution in [-0.2, 0) is 0 Å². The fourth-order valence-electron chi connectivity index (χ4n) is 3.09. The van der Waals surface area contributed by atoms with Crippen LogP contribution in [0.25, 0.3) is 11.5 Å². The van der Waals surface area contributed by atoms with Crippen LogP contribution in [0.3, 0.4) is 0 Å². The van der Waals surface area contributed by atoms with Gasteiger partial charge >= 0.3 is 6.01 Å². The van der Waals surface area contributed by atoms with Crippen molar-refractivity contribution in [1.29, 1.82) is 0 Å². The van der Waals surface area contributed by atoms with Crippen molar-refractivity contribution in [2.45, 2.75) is 0 Å². The first-order chi connectivity index (χ1) is 16.5. The minimum Gasteiger partial charge on any atom is -0.497 e. The maximum Gasteiger partial charge on any atom is 0.322 e. The average Bonchev–Trinajstić information content (AvgIpc) is 3.32. The zero-order valence-corrected chi connectivity index (χ0v) is 18.9. The highest BCUT2D eigenvalue weighted by atomic mass is 35.5. The van der Waals surface area contributed by atoms with Crippen LogP contribution in [0, 0.1) is 0 Å². The van der Waals surface area contributed by atoms with Crippen LogP contribution in [0.15, 0.2) is 71.1 Å². The van der Waals surface area contributed by atoms with Gasteiger partial charge in [0.2, 0.25) is 5.89 Å². The number of aromatic nitrogens is 2. The van der Waals surface area contributed by atoms with Crippen LogP contribution in [0.5, 0.6) is 11.5 Å². The Bertz CT molecular complexity index is 1340. The Morgan fingerprint density at radius 2 is 1.68 bits per heavy atom. The van der Waals surface area contributed by atoms with Crippen molar-refractivity contribution in [3.63, 3.8) is 0 Å². The number of amides is 2. The second kappa shape index (κ2) is 10.1. The Hall–Kier alpha value is -4.37. The molecule has 1 heterocycles. The van der Waals surface area contributed by atoms with E-state index in [2.05, 4.69) is 20.8 Å². The van der Waals surface area contributed by atoms with E-state index in [9.17, 15) is 9.59 Å². The van der Waals surface area contributed by atoms with Gasteiger partial charge in [0.1, 0.15) is 11.5 Å². The van der Waals surface area contributed by atoms with Crippen molar-refractivity contribution >= 4 is 35.1 Å². The van der Waals surface area contributed by atoms with Crippen LogP contribution in [0.4, 0.5) is 11.7 Å². The molecule has 9 nitrogen and oxygen atoms in total. The van der Waals surface area contributed by atoms with Crippen LogP contribution in [0.2, 0.25) is 5.02 Å². The first kappa shape index (κ1) is 22.8. The summed E-state index contributed by atoms with van der Waals surface area (Å²) in [6.07, 6.45) is 0. The topological polar surface area (TPSA) is 116 Å². The van der Waals surface area contributed by atoms with Crippen molar-refractivity contribution in [3.8, 4) is 23.0 Å². The van der Waals surface area contributed by atoms with Crippen molar-refractivity contribution in [2.75, 3.05) is 24.9 Å². The standard InChI is InChI=1S/C24H19ClN4O5/c1-32-18-9-6-14(7-10-18)23-28-29-24(34-23)27-21(30)15-4-3-5-17(12-15)26-22(31)19-13-16(25)8-11-20(19)33-2/h3-13H,1-2H3,(H,26,31)(H,27,29,30). The molecule has 0 unspecified atom stereocenters. The molecule has 0 aliphatic rings. The number of nitrogens with zero attached hydrogens (tertiary/aromatic N) is 2. The van der Waals surface area contributed by atoms with E-state index in [1.165, 1.54) is 19.2 Å². The largest absolute Gasteiger partial charge is 0.497 e. The summed E-state index contributed by atoms with van der Waals surface area (Å²) in [5, 5.41) is 13.5. The van der Waals surface area contributed by atoms with Gasteiger partial charge in [0.25, 0.3) is 11.8 Å². The Labute approximate surface area is 199 Å². The molecule has 4 rings (SSSR count). The smallest absolute Gasteiger partial charge is 0.322 e. The van der Waals surface area contributed by atoms with Crippen LogP contribution >= 0.6 is 11.6 Å². The number of hydrogen-bond donors (Lipinski definition) is 2. The quantitative estimate of drug-likeness (QED) is 0.387. The highest BCUT2D eigenvalue weighted by Gasteiger charge is 2.16. The summed E-state index contributed by atoms with van der Waals surface area (Å²) in [5.41, 5.74) is 1.63. The first-order valence-corrected chi connectivity index (χ1v) is 10.4. The molecule has 0 radical (unpaired) electrons. The minimum atomic E-state index is -0.485. The lowest BCUT2D eigenvalue weighted by molar-refractivity contribution is 0.101. The lowest BCUT2D eigenvalue weighted by Gasteiger charge is -2.10. The van der Waals surface area contributed by atoms with Crippen molar-refractivity contribution < 1.29 is 23.5 Å². The van der Waals surface area contributed by atoms with Gasteiger partial charge in [-0.15, -0.1) is 5.10 Å². The summed E-state index contributed by atoms with van der Waals surface area (Å²) in [5.74, 6) is 0.395. The molecule has 0 atom stereocenters. The van der Waals surface area contributed by atoms with Crippen LogP contribution in [0.1, 0.15) is 20.7 Å². The Balaban J connectivity index is 1.46. The van der Waals surface area contributed by atoms with E-state index in [-0.39, 0.29) is 23.0 Å². The van der Waals surface area contributed by atoms with Crippen molar-refractivity contribution in [1.82, 2.24) is 10.2 Å². The third kappa shape index (κ3) is 5.16. The number of benzene rings is 3. The van der Waals surface area contributed by atoms with Gasteiger partial charge in [0.05, 0.1) is 19.8 Å². The van der Waals surface area contributed by atoms with Crippen molar-refractivity contribution in [2.24, 2.45) is 0 Å². The number of hydrogen-bond acceptors (Lipinski definition) is 7. The molecule has 2 N–H and O–H groups in total. The monoisotopic (exact) mass is 478 g/mol. The van der Waals surface area contributed by atoms with Crippen LogP contribution < -0.4 is 20.1 Å². The zero-order chi connectivity index (χ0) is 24.1. The molecule has 4 aromatic rings. The fourth-order valence-corrected chi connectivity index (χ4v) is 3.26. The third-order valence-corrected chi connectivity index (χ3v) is 5.01. The molecule has 2 amide bonds. The number of rotatable bonds is 7. The lowest BCUT2D eigenvalue weighted by Crippen LogP contribution is -2.15. The van der Waals surface area contributed by atoms with E-state index in [1.807, 2.05) is 0 Å². The van der Waals surface area contributed by atoms with E-state index in [0.717, 1.165) is 0 Å². The molecule has 0 aliphatic carbocycles. The number of anilines is 2. The maximum absolute atomic E-state index is 12.7. The molecular formula is C24H19ClN4O5. The normalized spacial score (nSPS) is 10.4. The van der Waals surface area contributed by atoms with E-state index >= 15 is 0 Å². The van der Waals surface area contributed by atoms with E-state index in [0.29, 0.717) is 27.8 Å². The predicted octanol–water partition coefficient (Wildman–Crippen LogP) is 4.91. The summed E-state index contributed by atoms with van der Waals surface area (Å²) in [4.78, 5) is 25.4. The van der Waals surface area contributed by atoms with Gasteiger partial charge in [0.15, 0.2) is 0 Å². The Kier molecular flexibility index (Phi) is 6.74. The van der Waals surface area contributed by atoms with Crippen LogP contribution in [-0.4, -0.2) is 36.2 Å². The molecule has 172 valence electrons. The summed E-state index contributed by atoms with van der Waals surface area (Å²) in [6, 6.07) is 18.1. The molecule has 1 aromatic heterocycles. The van der Waals surface area contributed by atoms with Gasteiger partial charge in [0, 0.05) is 21.8 Å². The number of carbonyl (C=O) groups excluding carboxylic acids is 2. The summed E-state index contributed by atoms with van der Waals surface area (Å²) in [7, 11) is 3.03. The van der Waals surface area contributed by atoms with E-state index in [1.54, 1.807) is 61.7 Å². The van der Waals surface area contributed by atoms with E-state index < -0.39 is 11.8 Å². The highest BCUT2D eigenvalue weighted by Crippen LogP contribution is 2.25. The number of ether oxygens (including phenoxy) is 2. The van der Waals surface area contributed by atoms with Gasteiger partial charge in [-0.3, -0.25) is 14.9 Å². The summed E-state index contributed by atoms with van der Waals surface area (Å²) < 4.78 is 15.9. The Morgan fingerprint density at radius 3 is 2.41 bits per heavy atom. The minimum absolute atomic E-state index is 0.0612. The second-order valence-electron chi connectivity index (χ2n) is 6.97. The fraction of sp³-hybridized carbons (Fsp3) is 0.0833. The average molecular weight is 479 g/mol.